The van der Waals surface area contributed by atoms with Crippen LogP contribution in [0, 0.1) is 23.7 Å². The van der Waals surface area contributed by atoms with Crippen LogP contribution in [-0.2, 0) is 9.59 Å². The lowest BCUT2D eigenvalue weighted by atomic mass is 9.68. The number of esters is 1. The van der Waals surface area contributed by atoms with Gasteiger partial charge in [0.1, 0.15) is 5.75 Å². The normalized spacial score (nSPS) is 26.3. The highest BCUT2D eigenvalue weighted by molar-refractivity contribution is 5.85. The summed E-state index contributed by atoms with van der Waals surface area (Å²) < 4.78 is 42.6. The molecule has 0 heterocycles. The summed E-state index contributed by atoms with van der Waals surface area (Å²) in [4.78, 5) is 23.1. The van der Waals surface area contributed by atoms with Gasteiger partial charge in [-0.05, 0) is 86.5 Å². The van der Waals surface area contributed by atoms with Gasteiger partial charge in [-0.1, -0.05) is 31.4 Å². The van der Waals surface area contributed by atoms with E-state index in [-0.39, 0.29) is 18.3 Å². The number of hydrogen-bond donors (Lipinski definition) is 1. The Morgan fingerprint density at radius 2 is 1.52 bits per heavy atom. The number of halogens is 3. The second-order valence-electron chi connectivity index (χ2n) is 9.56. The number of carbonyl (C=O) groups excluding carboxylic acids is 1. The summed E-state index contributed by atoms with van der Waals surface area (Å²) in [6.45, 7) is 0. The molecule has 7 heteroatoms. The maximum atomic E-state index is 12.6. The summed E-state index contributed by atoms with van der Waals surface area (Å²) in [5, 5.41) is 8.67. The van der Waals surface area contributed by atoms with Crippen molar-refractivity contribution in [2.24, 2.45) is 23.7 Å². The maximum Gasteiger partial charge on any atom is 0.389 e. The SMILES string of the molecule is O=C(O)/C=C/c1ccc(OC(=O)C2CCC(C3CCC(CCCC(F)(F)F)CC3)CC2)cc1. The molecule has 0 saturated heterocycles. The molecule has 0 spiro atoms. The van der Waals surface area contributed by atoms with E-state index >= 15 is 0 Å². The molecule has 1 aromatic rings. The van der Waals surface area contributed by atoms with Crippen molar-refractivity contribution in [1.82, 2.24) is 0 Å². The fraction of sp³-hybridized carbons (Fsp3) is 0.615. The lowest BCUT2D eigenvalue weighted by Crippen LogP contribution is -2.30. The second kappa shape index (κ2) is 11.7. The number of rotatable bonds is 8. The molecule has 33 heavy (non-hydrogen) atoms. The van der Waals surface area contributed by atoms with Crippen LogP contribution >= 0.6 is 0 Å². The Labute approximate surface area is 193 Å². The summed E-state index contributed by atoms with van der Waals surface area (Å²) >= 11 is 0. The Morgan fingerprint density at radius 1 is 0.939 bits per heavy atom. The molecule has 2 fully saturated rings. The van der Waals surface area contributed by atoms with Gasteiger partial charge in [0.05, 0.1) is 5.92 Å². The number of hydrogen-bond acceptors (Lipinski definition) is 3. The van der Waals surface area contributed by atoms with E-state index in [0.717, 1.165) is 57.4 Å². The summed E-state index contributed by atoms with van der Waals surface area (Å²) in [5.41, 5.74) is 0.716. The third-order valence-electron chi connectivity index (χ3n) is 7.25. The van der Waals surface area contributed by atoms with Gasteiger partial charge in [-0.2, -0.15) is 13.2 Å². The molecular weight excluding hydrogens is 433 g/mol. The zero-order chi connectivity index (χ0) is 23.8. The average Bonchev–Trinajstić information content (AvgIpc) is 2.78. The van der Waals surface area contributed by atoms with Crippen LogP contribution < -0.4 is 4.74 Å². The molecule has 0 atom stereocenters. The van der Waals surface area contributed by atoms with E-state index in [1.54, 1.807) is 24.3 Å². The van der Waals surface area contributed by atoms with Crippen molar-refractivity contribution in [3.8, 4) is 5.75 Å². The second-order valence-corrected chi connectivity index (χ2v) is 9.56. The third kappa shape index (κ3) is 8.52. The zero-order valence-electron chi connectivity index (χ0n) is 18.9. The molecule has 0 bridgehead atoms. The van der Waals surface area contributed by atoms with Gasteiger partial charge in [-0.3, -0.25) is 4.79 Å². The van der Waals surface area contributed by atoms with Crippen LogP contribution in [-0.4, -0.2) is 23.2 Å². The van der Waals surface area contributed by atoms with Crippen LogP contribution in [0.1, 0.15) is 76.2 Å². The molecule has 182 valence electrons. The van der Waals surface area contributed by atoms with Crippen molar-refractivity contribution in [1.29, 1.82) is 0 Å². The molecule has 3 rings (SSSR count). The molecule has 4 nitrogen and oxygen atoms in total. The number of ether oxygens (including phenoxy) is 1. The first-order chi connectivity index (χ1) is 15.7. The number of carboxylic acid groups (broad SMARTS) is 1. The first kappa shape index (κ1) is 25.3. The fourth-order valence-corrected chi connectivity index (χ4v) is 5.38. The standard InChI is InChI=1S/C26H33F3O4/c27-26(28,29)17-1-2-18-3-8-20(9-4-18)21-10-12-22(13-11-21)25(32)33-23-14-5-19(6-15-23)7-16-24(30)31/h5-7,14-16,18,20-22H,1-4,8-13,17H2,(H,30,31)/b16-7+. The molecular formula is C26H33F3O4. The summed E-state index contributed by atoms with van der Waals surface area (Å²) in [6.07, 6.45) is 6.63. The van der Waals surface area contributed by atoms with Gasteiger partial charge in [-0.15, -0.1) is 0 Å². The summed E-state index contributed by atoms with van der Waals surface area (Å²) in [6, 6.07) is 6.74. The summed E-state index contributed by atoms with van der Waals surface area (Å²) in [7, 11) is 0. The van der Waals surface area contributed by atoms with Crippen LogP contribution in [0.2, 0.25) is 0 Å². The molecule has 0 amide bonds. The molecule has 0 aromatic heterocycles. The quantitative estimate of drug-likeness (QED) is 0.254. The first-order valence-corrected chi connectivity index (χ1v) is 12.0. The molecule has 2 aliphatic carbocycles. The Bertz CT molecular complexity index is 800. The largest absolute Gasteiger partial charge is 0.478 e. The van der Waals surface area contributed by atoms with Gasteiger partial charge in [-0.25, -0.2) is 4.79 Å². The topological polar surface area (TPSA) is 63.6 Å². The lowest BCUT2D eigenvalue weighted by molar-refractivity contribution is -0.140. The zero-order valence-corrected chi connectivity index (χ0v) is 18.9. The number of benzene rings is 1. The predicted octanol–water partition coefficient (Wildman–Crippen LogP) is 7.04. The monoisotopic (exact) mass is 466 g/mol. The van der Waals surface area contributed by atoms with Gasteiger partial charge in [0.15, 0.2) is 0 Å². The Balaban J connectivity index is 1.37. The van der Waals surface area contributed by atoms with Crippen LogP contribution in [0.3, 0.4) is 0 Å². The fourth-order valence-electron chi connectivity index (χ4n) is 5.38. The van der Waals surface area contributed by atoms with E-state index in [1.165, 1.54) is 6.08 Å². The number of aliphatic carboxylic acids is 1. The average molecular weight is 467 g/mol. The van der Waals surface area contributed by atoms with Crippen molar-refractivity contribution in [2.45, 2.75) is 76.8 Å². The molecule has 1 aromatic carbocycles. The highest BCUT2D eigenvalue weighted by Crippen LogP contribution is 2.42. The minimum absolute atomic E-state index is 0.105. The van der Waals surface area contributed by atoms with Gasteiger partial charge >= 0.3 is 18.1 Å². The van der Waals surface area contributed by atoms with Crippen molar-refractivity contribution >= 4 is 18.0 Å². The smallest absolute Gasteiger partial charge is 0.389 e. The molecule has 1 N–H and O–H groups in total. The van der Waals surface area contributed by atoms with Gasteiger partial charge in [0.25, 0.3) is 0 Å². The molecule has 2 aliphatic rings. The lowest BCUT2D eigenvalue weighted by Gasteiger charge is -2.37. The Morgan fingerprint density at radius 3 is 2.06 bits per heavy atom. The van der Waals surface area contributed by atoms with Crippen LogP contribution in [0.5, 0.6) is 5.75 Å². The molecule has 2 saturated carbocycles. The van der Waals surface area contributed by atoms with Crippen molar-refractivity contribution in [3.63, 3.8) is 0 Å². The number of alkyl halides is 3. The first-order valence-electron chi connectivity index (χ1n) is 12.0. The molecule has 0 aliphatic heterocycles. The van der Waals surface area contributed by atoms with Crippen LogP contribution in [0.25, 0.3) is 6.08 Å². The van der Waals surface area contributed by atoms with Gasteiger partial charge in [0.2, 0.25) is 0 Å². The van der Waals surface area contributed by atoms with E-state index in [0.29, 0.717) is 35.5 Å². The van der Waals surface area contributed by atoms with Crippen molar-refractivity contribution in [2.75, 3.05) is 0 Å². The van der Waals surface area contributed by atoms with Crippen LogP contribution in [0.15, 0.2) is 30.3 Å². The number of carbonyl (C=O) groups is 2. The predicted molar refractivity (Wildman–Crippen MR) is 120 cm³/mol. The van der Waals surface area contributed by atoms with Crippen molar-refractivity contribution in [3.05, 3.63) is 35.9 Å². The Hall–Kier alpha value is -2.31. The molecule has 0 radical (unpaired) electrons. The van der Waals surface area contributed by atoms with E-state index in [1.807, 2.05) is 0 Å². The minimum Gasteiger partial charge on any atom is -0.478 e. The summed E-state index contributed by atoms with van der Waals surface area (Å²) in [5.74, 6) is 0.786. The van der Waals surface area contributed by atoms with Crippen molar-refractivity contribution < 1.29 is 32.6 Å². The van der Waals surface area contributed by atoms with Gasteiger partial charge < -0.3 is 9.84 Å². The molecule has 0 unspecified atom stereocenters. The minimum atomic E-state index is -4.04. The highest BCUT2D eigenvalue weighted by Gasteiger charge is 2.34. The number of carboxylic acids is 1. The van der Waals surface area contributed by atoms with E-state index in [9.17, 15) is 22.8 Å². The highest BCUT2D eigenvalue weighted by atomic mass is 19.4. The van der Waals surface area contributed by atoms with E-state index in [2.05, 4.69) is 0 Å². The van der Waals surface area contributed by atoms with E-state index in [4.69, 9.17) is 9.84 Å². The van der Waals surface area contributed by atoms with Crippen LogP contribution in [0.4, 0.5) is 13.2 Å². The Kier molecular flexibility index (Phi) is 8.98. The third-order valence-corrected chi connectivity index (χ3v) is 7.25. The maximum absolute atomic E-state index is 12.6. The van der Waals surface area contributed by atoms with E-state index < -0.39 is 18.6 Å². The van der Waals surface area contributed by atoms with Gasteiger partial charge in [0, 0.05) is 12.5 Å².